The van der Waals surface area contributed by atoms with E-state index in [1.807, 2.05) is 24.0 Å². The predicted molar refractivity (Wildman–Crippen MR) is 108 cm³/mol. The molecule has 0 radical (unpaired) electrons. The Morgan fingerprint density at radius 2 is 1.93 bits per heavy atom. The second-order valence-electron chi connectivity index (χ2n) is 7.93. The molecule has 3 aromatic heterocycles. The lowest BCUT2D eigenvalue weighted by Crippen LogP contribution is -2.47. The third kappa shape index (κ3) is 3.30. The highest BCUT2D eigenvalue weighted by molar-refractivity contribution is 5.99. The van der Waals surface area contributed by atoms with E-state index < -0.39 is 5.82 Å². The summed E-state index contributed by atoms with van der Waals surface area (Å²) in [6.45, 7) is 2.63. The molecule has 6 nitrogen and oxygen atoms in total. The first-order valence-corrected chi connectivity index (χ1v) is 10.1. The second kappa shape index (κ2) is 7.48. The fourth-order valence-corrected chi connectivity index (χ4v) is 4.49. The zero-order chi connectivity index (χ0) is 20.7. The van der Waals surface area contributed by atoms with Gasteiger partial charge in [-0.05, 0) is 55.5 Å². The molecule has 2 fully saturated rings. The summed E-state index contributed by atoms with van der Waals surface area (Å²) in [7, 11) is 0. The topological polar surface area (TPSA) is 68.2 Å². The molecule has 1 saturated heterocycles. The number of pyridine rings is 3. The Morgan fingerprint density at radius 1 is 1.10 bits per heavy atom. The first-order chi connectivity index (χ1) is 14.6. The van der Waals surface area contributed by atoms with Crippen molar-refractivity contribution in [2.75, 3.05) is 6.54 Å². The summed E-state index contributed by atoms with van der Waals surface area (Å²) >= 11 is 0. The summed E-state index contributed by atoms with van der Waals surface area (Å²) in [5.41, 5.74) is 1.82. The number of carbonyl (C=O) groups is 1. The SMILES string of the molecule is Cc1ccc(OC2CC3CC2N(C(=O)c2ncccc2-c2ncccc2F)C3)nc1. The smallest absolute Gasteiger partial charge is 0.273 e. The third-order valence-corrected chi connectivity index (χ3v) is 5.87. The van der Waals surface area contributed by atoms with Gasteiger partial charge in [0.25, 0.3) is 5.91 Å². The van der Waals surface area contributed by atoms with Crippen LogP contribution < -0.4 is 4.74 Å². The van der Waals surface area contributed by atoms with Crippen molar-refractivity contribution in [2.24, 2.45) is 5.92 Å². The van der Waals surface area contributed by atoms with Gasteiger partial charge in [0.05, 0.1) is 6.04 Å². The molecule has 0 aromatic carbocycles. The summed E-state index contributed by atoms with van der Waals surface area (Å²) in [6.07, 6.45) is 6.51. The van der Waals surface area contributed by atoms with Gasteiger partial charge < -0.3 is 9.64 Å². The van der Waals surface area contributed by atoms with E-state index in [0.29, 0.717) is 23.9 Å². The van der Waals surface area contributed by atoms with Crippen LogP contribution in [0, 0.1) is 18.7 Å². The maximum absolute atomic E-state index is 14.3. The summed E-state index contributed by atoms with van der Waals surface area (Å²) in [4.78, 5) is 28.0. The van der Waals surface area contributed by atoms with Crippen LogP contribution in [0.25, 0.3) is 11.3 Å². The van der Waals surface area contributed by atoms with Crippen LogP contribution in [0.15, 0.2) is 55.0 Å². The van der Waals surface area contributed by atoms with Crippen molar-refractivity contribution >= 4 is 5.91 Å². The van der Waals surface area contributed by atoms with Gasteiger partial charge in [0.1, 0.15) is 23.3 Å². The van der Waals surface area contributed by atoms with Crippen LogP contribution in [0.3, 0.4) is 0 Å². The van der Waals surface area contributed by atoms with E-state index in [9.17, 15) is 9.18 Å². The Morgan fingerprint density at radius 3 is 2.70 bits per heavy atom. The Bertz CT molecular complexity index is 1090. The molecule has 3 aromatic rings. The average molecular weight is 404 g/mol. The van der Waals surface area contributed by atoms with Gasteiger partial charge in [-0.15, -0.1) is 0 Å². The maximum atomic E-state index is 14.3. The number of hydrogen-bond acceptors (Lipinski definition) is 5. The predicted octanol–water partition coefficient (Wildman–Crippen LogP) is 3.67. The molecule has 30 heavy (non-hydrogen) atoms. The van der Waals surface area contributed by atoms with Crippen molar-refractivity contribution in [3.63, 3.8) is 0 Å². The molecular formula is C23H21FN4O2. The number of hydrogen-bond donors (Lipinski definition) is 0. The quantitative estimate of drug-likeness (QED) is 0.664. The minimum Gasteiger partial charge on any atom is -0.472 e. The van der Waals surface area contributed by atoms with Gasteiger partial charge in [-0.25, -0.2) is 9.37 Å². The van der Waals surface area contributed by atoms with Gasteiger partial charge in [-0.1, -0.05) is 6.07 Å². The molecule has 152 valence electrons. The molecule has 5 rings (SSSR count). The summed E-state index contributed by atoms with van der Waals surface area (Å²) in [6, 6.07) is 10.00. The normalized spacial score (nSPS) is 22.3. The van der Waals surface area contributed by atoms with Gasteiger partial charge in [0.15, 0.2) is 0 Å². The molecule has 4 heterocycles. The largest absolute Gasteiger partial charge is 0.472 e. The Labute approximate surface area is 173 Å². The standard InChI is InChI=1S/C23H21FN4O2/c1-14-6-7-20(27-12-14)30-19-11-15-10-18(19)28(13-15)23(29)22-16(4-2-8-26-22)21-17(24)5-3-9-25-21/h2-9,12,15,18-19H,10-11,13H2,1H3. The molecule has 0 spiro atoms. The number of aryl methyl sites for hydroxylation is 1. The molecule has 7 heteroatoms. The van der Waals surface area contributed by atoms with Crippen LogP contribution in [0.5, 0.6) is 5.88 Å². The van der Waals surface area contributed by atoms with Crippen LogP contribution in [-0.4, -0.2) is 44.4 Å². The Balaban J connectivity index is 1.41. The molecule has 0 N–H and O–H groups in total. The molecule has 1 aliphatic heterocycles. The highest BCUT2D eigenvalue weighted by Crippen LogP contribution is 2.40. The van der Waals surface area contributed by atoms with E-state index in [1.165, 1.54) is 18.3 Å². The highest BCUT2D eigenvalue weighted by atomic mass is 19.1. The molecule has 3 unspecified atom stereocenters. The molecule has 1 saturated carbocycles. The van der Waals surface area contributed by atoms with E-state index in [0.717, 1.165) is 18.4 Å². The van der Waals surface area contributed by atoms with Gasteiger partial charge in [0.2, 0.25) is 5.88 Å². The van der Waals surface area contributed by atoms with Crippen molar-refractivity contribution in [3.05, 3.63) is 72.1 Å². The number of halogens is 1. The van der Waals surface area contributed by atoms with Crippen molar-refractivity contribution in [3.8, 4) is 17.1 Å². The van der Waals surface area contributed by atoms with E-state index >= 15 is 0 Å². The number of piperidine rings is 1. The number of nitrogens with zero attached hydrogens (tertiary/aromatic N) is 4. The van der Waals surface area contributed by atoms with E-state index in [-0.39, 0.29) is 29.4 Å². The summed E-state index contributed by atoms with van der Waals surface area (Å²) in [5, 5.41) is 0. The van der Waals surface area contributed by atoms with Crippen LogP contribution in [-0.2, 0) is 0 Å². The number of aromatic nitrogens is 3. The zero-order valence-electron chi connectivity index (χ0n) is 16.5. The van der Waals surface area contributed by atoms with Gasteiger partial charge in [0, 0.05) is 36.8 Å². The number of carbonyl (C=O) groups excluding carboxylic acids is 1. The first-order valence-electron chi connectivity index (χ1n) is 10.1. The van der Waals surface area contributed by atoms with Crippen LogP contribution in [0.1, 0.15) is 28.9 Å². The fourth-order valence-electron chi connectivity index (χ4n) is 4.49. The minimum absolute atomic E-state index is 0.0472. The second-order valence-corrected chi connectivity index (χ2v) is 7.93. The van der Waals surface area contributed by atoms with Crippen LogP contribution in [0.4, 0.5) is 4.39 Å². The lowest BCUT2D eigenvalue weighted by molar-refractivity contribution is 0.0462. The summed E-state index contributed by atoms with van der Waals surface area (Å²) < 4.78 is 20.5. The highest BCUT2D eigenvalue weighted by Gasteiger charge is 2.49. The Hall–Kier alpha value is -3.35. The molecule has 2 bridgehead atoms. The van der Waals surface area contributed by atoms with Gasteiger partial charge in [-0.2, -0.15) is 0 Å². The number of likely N-dealkylation sites (tertiary alicyclic amines) is 1. The van der Waals surface area contributed by atoms with Crippen molar-refractivity contribution in [1.82, 2.24) is 19.9 Å². The fraction of sp³-hybridized carbons (Fsp3) is 0.304. The van der Waals surface area contributed by atoms with E-state index in [1.54, 1.807) is 24.5 Å². The van der Waals surface area contributed by atoms with E-state index in [2.05, 4.69) is 15.0 Å². The number of fused-ring (bicyclic) bond motifs is 2. The maximum Gasteiger partial charge on any atom is 0.273 e. The van der Waals surface area contributed by atoms with Crippen molar-refractivity contribution in [2.45, 2.75) is 31.9 Å². The molecule has 3 atom stereocenters. The van der Waals surface area contributed by atoms with Crippen molar-refractivity contribution < 1.29 is 13.9 Å². The number of amides is 1. The van der Waals surface area contributed by atoms with Crippen LogP contribution >= 0.6 is 0 Å². The number of rotatable bonds is 4. The summed E-state index contributed by atoms with van der Waals surface area (Å²) in [5.74, 6) is 0.259. The van der Waals surface area contributed by atoms with Crippen molar-refractivity contribution in [1.29, 1.82) is 0 Å². The molecule has 1 amide bonds. The number of ether oxygens (including phenoxy) is 1. The average Bonchev–Trinajstić information content (AvgIpc) is 3.36. The Kier molecular flexibility index (Phi) is 4.65. The monoisotopic (exact) mass is 404 g/mol. The van der Waals surface area contributed by atoms with E-state index in [4.69, 9.17) is 4.74 Å². The minimum atomic E-state index is -0.478. The molecular weight excluding hydrogens is 383 g/mol. The van der Waals surface area contributed by atoms with Gasteiger partial charge >= 0.3 is 0 Å². The van der Waals surface area contributed by atoms with Gasteiger partial charge in [-0.3, -0.25) is 14.8 Å². The molecule has 1 aliphatic carbocycles. The lowest BCUT2D eigenvalue weighted by atomic mass is 10.0. The van der Waals surface area contributed by atoms with Crippen LogP contribution in [0.2, 0.25) is 0 Å². The third-order valence-electron chi connectivity index (χ3n) is 5.87. The molecule has 2 aliphatic rings. The lowest BCUT2D eigenvalue weighted by Gasteiger charge is -2.33. The first kappa shape index (κ1) is 18.7. The zero-order valence-corrected chi connectivity index (χ0v) is 16.5.